The zero-order valence-electron chi connectivity index (χ0n) is 9.70. The summed E-state index contributed by atoms with van der Waals surface area (Å²) < 4.78 is 30.0. The summed E-state index contributed by atoms with van der Waals surface area (Å²) >= 11 is 13.2. The topological polar surface area (TPSA) is 46.2 Å². The first kappa shape index (κ1) is 16.5. The van der Waals surface area contributed by atoms with E-state index in [0.717, 1.165) is 4.47 Å². The second-order valence-electron chi connectivity index (χ2n) is 3.78. The molecule has 0 radical (unpaired) electrons. The molecule has 2 aromatic rings. The fourth-order valence-corrected chi connectivity index (χ4v) is 5.78. The highest BCUT2D eigenvalue weighted by Gasteiger charge is 2.20. The average molecular weight is 549 g/mol. The van der Waals surface area contributed by atoms with Crippen LogP contribution in [0.15, 0.2) is 59.2 Å². The zero-order chi connectivity index (χ0) is 14.9. The number of sulfonamides is 1. The van der Waals surface area contributed by atoms with Crippen molar-refractivity contribution in [2.45, 2.75) is 4.90 Å². The summed E-state index contributed by atoms with van der Waals surface area (Å²) in [6.45, 7) is 0. The van der Waals surface area contributed by atoms with E-state index in [9.17, 15) is 8.42 Å². The molecule has 0 heterocycles. The molecule has 20 heavy (non-hydrogen) atoms. The Balaban J connectivity index is 2.46. The predicted octanol–water partition coefficient (Wildman–Crippen LogP) is 5.54. The van der Waals surface area contributed by atoms with Crippen LogP contribution in [0.1, 0.15) is 0 Å². The van der Waals surface area contributed by atoms with Crippen LogP contribution in [0.5, 0.6) is 0 Å². The van der Waals surface area contributed by atoms with Crippen molar-refractivity contribution in [1.82, 2.24) is 0 Å². The van der Waals surface area contributed by atoms with E-state index in [-0.39, 0.29) is 4.90 Å². The summed E-state index contributed by atoms with van der Waals surface area (Å²) in [5.74, 6) is 0. The maximum absolute atomic E-state index is 12.4. The molecule has 0 spiro atoms. The summed E-state index contributed by atoms with van der Waals surface area (Å²) in [6.07, 6.45) is 0. The number of hydrogen-bond acceptors (Lipinski definition) is 2. The fourth-order valence-electron chi connectivity index (χ4n) is 1.48. The average Bonchev–Trinajstić information content (AvgIpc) is 2.33. The van der Waals surface area contributed by atoms with Crippen molar-refractivity contribution >= 4 is 79.4 Å². The molecule has 2 rings (SSSR count). The fraction of sp³-hybridized carbons (Fsp3) is 0. The molecule has 0 aliphatic carbocycles. The summed E-state index contributed by atoms with van der Waals surface area (Å²) in [6, 6.07) is 10.2. The highest BCUT2D eigenvalue weighted by Crippen LogP contribution is 2.34. The second-order valence-corrected chi connectivity index (χ2v) is 8.91. The molecule has 3 nitrogen and oxygen atoms in total. The van der Waals surface area contributed by atoms with Crippen molar-refractivity contribution in [2.24, 2.45) is 0 Å². The number of benzene rings is 2. The summed E-state index contributed by atoms with van der Waals surface area (Å²) in [4.78, 5) is 0.170. The Morgan fingerprint density at radius 1 is 0.850 bits per heavy atom. The standard InChI is InChI=1S/C12H7Br4NO2S/c13-7-4-5-11(10(16)6-7)20(18,19)17-12-8(14)2-1-3-9(12)15/h1-6,17H. The van der Waals surface area contributed by atoms with Crippen molar-refractivity contribution in [1.29, 1.82) is 0 Å². The number of anilines is 1. The molecule has 0 aliphatic rings. The molecule has 0 bridgehead atoms. The Kier molecular flexibility index (Phi) is 5.34. The molecule has 1 N–H and O–H groups in total. The van der Waals surface area contributed by atoms with Gasteiger partial charge in [0.25, 0.3) is 10.0 Å². The third-order valence-corrected chi connectivity index (χ3v) is 6.52. The predicted molar refractivity (Wildman–Crippen MR) is 94.5 cm³/mol. The molecule has 0 unspecified atom stereocenters. The normalized spacial score (nSPS) is 11.4. The van der Waals surface area contributed by atoms with Gasteiger partial charge in [0.15, 0.2) is 0 Å². The van der Waals surface area contributed by atoms with Gasteiger partial charge in [-0.25, -0.2) is 8.42 Å². The molecule has 106 valence electrons. The van der Waals surface area contributed by atoms with E-state index in [2.05, 4.69) is 68.4 Å². The van der Waals surface area contributed by atoms with Crippen molar-refractivity contribution in [3.8, 4) is 0 Å². The van der Waals surface area contributed by atoms with E-state index in [1.165, 1.54) is 6.07 Å². The van der Waals surface area contributed by atoms with Gasteiger partial charge in [-0.15, -0.1) is 0 Å². The van der Waals surface area contributed by atoms with E-state index in [1.807, 2.05) is 6.07 Å². The van der Waals surface area contributed by atoms with E-state index in [0.29, 0.717) is 19.1 Å². The van der Waals surface area contributed by atoms with E-state index >= 15 is 0 Å². The Bertz CT molecular complexity index is 742. The van der Waals surface area contributed by atoms with Crippen LogP contribution in [0.4, 0.5) is 5.69 Å². The molecule has 2 aromatic carbocycles. The maximum atomic E-state index is 12.4. The van der Waals surface area contributed by atoms with Gasteiger partial charge in [-0.1, -0.05) is 22.0 Å². The Labute approximate surface area is 150 Å². The lowest BCUT2D eigenvalue weighted by Gasteiger charge is -2.12. The highest BCUT2D eigenvalue weighted by molar-refractivity contribution is 9.11. The first-order valence-electron chi connectivity index (χ1n) is 5.23. The molecular weight excluding hydrogens is 542 g/mol. The van der Waals surface area contributed by atoms with Gasteiger partial charge in [-0.3, -0.25) is 4.72 Å². The summed E-state index contributed by atoms with van der Waals surface area (Å²) in [7, 11) is -3.68. The summed E-state index contributed by atoms with van der Waals surface area (Å²) in [5.41, 5.74) is 0.460. The number of para-hydroxylation sites is 1. The van der Waals surface area contributed by atoms with Crippen LogP contribution in [-0.2, 0) is 10.0 Å². The molecule has 0 aliphatic heterocycles. The smallest absolute Gasteiger partial charge is 0.263 e. The molecule has 0 aromatic heterocycles. The largest absolute Gasteiger partial charge is 0.277 e. The Morgan fingerprint density at radius 3 is 2.00 bits per heavy atom. The maximum Gasteiger partial charge on any atom is 0.263 e. The first-order valence-corrected chi connectivity index (χ1v) is 9.88. The molecule has 0 atom stereocenters. The zero-order valence-corrected chi connectivity index (χ0v) is 16.9. The van der Waals surface area contributed by atoms with Crippen LogP contribution in [-0.4, -0.2) is 8.42 Å². The van der Waals surface area contributed by atoms with Gasteiger partial charge in [-0.2, -0.15) is 0 Å². The van der Waals surface area contributed by atoms with Crippen LogP contribution < -0.4 is 4.72 Å². The SMILES string of the molecule is O=S(=O)(Nc1c(Br)cccc1Br)c1ccc(Br)cc1Br. The molecule has 0 fully saturated rings. The Morgan fingerprint density at radius 2 is 1.45 bits per heavy atom. The number of nitrogens with one attached hydrogen (secondary N) is 1. The van der Waals surface area contributed by atoms with Crippen molar-refractivity contribution in [2.75, 3.05) is 4.72 Å². The van der Waals surface area contributed by atoms with E-state index < -0.39 is 10.0 Å². The van der Waals surface area contributed by atoms with Crippen LogP contribution in [0.25, 0.3) is 0 Å². The molecule has 0 saturated carbocycles. The van der Waals surface area contributed by atoms with Gasteiger partial charge in [0.2, 0.25) is 0 Å². The van der Waals surface area contributed by atoms with Crippen LogP contribution in [0, 0.1) is 0 Å². The minimum absolute atomic E-state index is 0.170. The van der Waals surface area contributed by atoms with E-state index in [1.54, 1.807) is 24.3 Å². The third kappa shape index (κ3) is 3.65. The van der Waals surface area contributed by atoms with Crippen LogP contribution in [0.3, 0.4) is 0 Å². The monoisotopic (exact) mass is 545 g/mol. The first-order chi connectivity index (χ1) is 9.31. The quantitative estimate of drug-likeness (QED) is 0.548. The lowest BCUT2D eigenvalue weighted by atomic mass is 10.3. The molecular formula is C12H7Br4NO2S. The second kappa shape index (κ2) is 6.48. The van der Waals surface area contributed by atoms with Gasteiger partial charge < -0.3 is 0 Å². The van der Waals surface area contributed by atoms with Gasteiger partial charge in [0, 0.05) is 17.9 Å². The van der Waals surface area contributed by atoms with Crippen LogP contribution >= 0.6 is 63.7 Å². The number of halogens is 4. The van der Waals surface area contributed by atoms with Gasteiger partial charge in [0.05, 0.1) is 5.69 Å². The van der Waals surface area contributed by atoms with Crippen LogP contribution in [0.2, 0.25) is 0 Å². The molecule has 0 saturated heterocycles. The number of hydrogen-bond donors (Lipinski definition) is 1. The minimum atomic E-state index is -3.68. The molecule has 0 amide bonds. The van der Waals surface area contributed by atoms with Gasteiger partial charge in [-0.05, 0) is 78.1 Å². The van der Waals surface area contributed by atoms with Gasteiger partial charge in [0.1, 0.15) is 4.90 Å². The minimum Gasteiger partial charge on any atom is -0.277 e. The molecule has 8 heteroatoms. The third-order valence-electron chi connectivity index (χ3n) is 2.38. The van der Waals surface area contributed by atoms with Gasteiger partial charge >= 0.3 is 0 Å². The van der Waals surface area contributed by atoms with Crippen molar-refractivity contribution in [3.63, 3.8) is 0 Å². The lowest BCUT2D eigenvalue weighted by molar-refractivity contribution is 0.600. The Hall–Kier alpha value is 0.110. The van der Waals surface area contributed by atoms with E-state index in [4.69, 9.17) is 0 Å². The van der Waals surface area contributed by atoms with Crippen molar-refractivity contribution in [3.05, 3.63) is 54.3 Å². The highest BCUT2D eigenvalue weighted by atomic mass is 79.9. The lowest BCUT2D eigenvalue weighted by Crippen LogP contribution is -2.14. The summed E-state index contributed by atoms with van der Waals surface area (Å²) in [5, 5.41) is 0. The van der Waals surface area contributed by atoms with Crippen molar-refractivity contribution < 1.29 is 8.42 Å². The number of rotatable bonds is 3.